The lowest BCUT2D eigenvalue weighted by atomic mass is 9.92. The summed E-state index contributed by atoms with van der Waals surface area (Å²) in [6.45, 7) is 1.67. The number of phenolic OH excluding ortho intramolecular Hbond substituents is 2. The van der Waals surface area contributed by atoms with E-state index in [-0.39, 0.29) is 12.0 Å². The fourth-order valence-corrected chi connectivity index (χ4v) is 3.60. The molecule has 1 saturated heterocycles. The molecule has 5 N–H and O–H groups in total. The number of thiol groups is 1. The number of carboxylic acids is 1. The van der Waals surface area contributed by atoms with Crippen LogP contribution in [0.4, 0.5) is 4.79 Å². The number of amides is 3. The first-order chi connectivity index (χ1) is 14.4. The van der Waals surface area contributed by atoms with Crippen LogP contribution in [0.15, 0.2) is 18.2 Å². The quantitative estimate of drug-likeness (QED) is 0.126. The Bertz CT molecular complexity index is 986. The molecule has 0 aliphatic carbocycles. The first-order valence-corrected chi connectivity index (χ1v) is 9.99. The van der Waals surface area contributed by atoms with Crippen LogP contribution >= 0.6 is 0 Å². The fraction of sp³-hybridized carbons (Fsp3) is 0.412. The van der Waals surface area contributed by atoms with E-state index in [1.807, 2.05) is 10.9 Å². The van der Waals surface area contributed by atoms with Crippen molar-refractivity contribution in [3.05, 3.63) is 23.8 Å². The number of carbonyl (C=O) groups excluding carboxylic acids is 3. The van der Waals surface area contributed by atoms with Crippen LogP contribution in [0.3, 0.4) is 0 Å². The molecule has 3 amide bonds. The van der Waals surface area contributed by atoms with Gasteiger partial charge in [-0.15, -0.1) is 0 Å². The van der Waals surface area contributed by atoms with Gasteiger partial charge in [0.2, 0.25) is 5.91 Å². The highest BCUT2D eigenvalue weighted by Crippen LogP contribution is 2.30. The summed E-state index contributed by atoms with van der Waals surface area (Å²) in [5.74, 6) is -4.05. The van der Waals surface area contributed by atoms with Gasteiger partial charge in [-0.05, 0) is 32.0 Å². The summed E-state index contributed by atoms with van der Waals surface area (Å²) < 4.78 is 26.4. The topological polar surface area (TPSA) is 200 Å². The Morgan fingerprint density at radius 2 is 1.90 bits per heavy atom. The molecule has 1 fully saturated rings. The van der Waals surface area contributed by atoms with Gasteiger partial charge in [-0.25, -0.2) is 23.4 Å². The third-order valence-corrected chi connectivity index (χ3v) is 5.97. The van der Waals surface area contributed by atoms with Crippen LogP contribution in [-0.4, -0.2) is 76.0 Å². The maximum atomic E-state index is 11.9. The number of aromatic hydroxyl groups is 2. The highest BCUT2D eigenvalue weighted by atomic mass is 32.2. The molecule has 14 heteroatoms. The van der Waals surface area contributed by atoms with Gasteiger partial charge in [0, 0.05) is 18.0 Å². The standard InChI is InChI=1S/C17H21N3O10S/c1-8-5-12(23)20(8)13(15(25)26)17(2,31(28)29)7-30-16(27)19-18-14(24)9-3-4-10(21)11(22)6-9/h3-4,6,8,13,21-22,31H,5,7H2,1-2H3,(H,18,24)(H,19,27)(H,25,26)/t8-,13+,17+/m1/s1. The summed E-state index contributed by atoms with van der Waals surface area (Å²) in [6, 6.07) is 0.840. The van der Waals surface area contributed by atoms with E-state index in [0.717, 1.165) is 30.0 Å². The summed E-state index contributed by atoms with van der Waals surface area (Å²) in [7, 11) is -3.47. The summed E-state index contributed by atoms with van der Waals surface area (Å²) in [6.07, 6.45) is -1.23. The minimum atomic E-state index is -3.47. The van der Waals surface area contributed by atoms with E-state index >= 15 is 0 Å². The summed E-state index contributed by atoms with van der Waals surface area (Å²) in [5.41, 5.74) is 3.65. The van der Waals surface area contributed by atoms with Crippen LogP contribution in [0.1, 0.15) is 30.6 Å². The van der Waals surface area contributed by atoms with Crippen LogP contribution in [0.25, 0.3) is 0 Å². The van der Waals surface area contributed by atoms with Crippen molar-refractivity contribution in [2.45, 2.75) is 37.1 Å². The van der Waals surface area contributed by atoms with Crippen molar-refractivity contribution in [1.82, 2.24) is 15.8 Å². The van der Waals surface area contributed by atoms with Crippen molar-refractivity contribution in [1.29, 1.82) is 0 Å². The van der Waals surface area contributed by atoms with Crippen LogP contribution in [0, 0.1) is 0 Å². The number of hydrogen-bond acceptors (Lipinski definition) is 9. The summed E-state index contributed by atoms with van der Waals surface area (Å²) in [4.78, 5) is 48.3. The Labute approximate surface area is 177 Å². The van der Waals surface area contributed by atoms with E-state index in [1.54, 1.807) is 6.92 Å². The van der Waals surface area contributed by atoms with E-state index in [1.165, 1.54) is 0 Å². The van der Waals surface area contributed by atoms with Crippen molar-refractivity contribution in [3.8, 4) is 11.5 Å². The second kappa shape index (κ2) is 9.07. The number of carbonyl (C=O) groups is 4. The zero-order valence-electron chi connectivity index (χ0n) is 16.4. The van der Waals surface area contributed by atoms with Gasteiger partial charge in [0.15, 0.2) is 28.2 Å². The fourth-order valence-electron chi connectivity index (χ4n) is 3.00. The van der Waals surface area contributed by atoms with Crippen molar-refractivity contribution in [3.63, 3.8) is 0 Å². The number of ether oxygens (including phenoxy) is 1. The number of nitrogens with zero attached hydrogens (tertiary/aromatic N) is 1. The molecule has 1 aromatic rings. The Kier molecular flexibility index (Phi) is 6.95. The average Bonchev–Trinajstić information content (AvgIpc) is 2.69. The highest BCUT2D eigenvalue weighted by Gasteiger charge is 2.53. The number of carboxylic acid groups (broad SMARTS) is 1. The van der Waals surface area contributed by atoms with Gasteiger partial charge in [0.25, 0.3) is 5.91 Å². The molecule has 0 aromatic heterocycles. The number of rotatable bonds is 7. The molecule has 1 aromatic carbocycles. The zero-order chi connectivity index (χ0) is 23.5. The monoisotopic (exact) mass is 459 g/mol. The average molecular weight is 459 g/mol. The molecule has 1 aliphatic rings. The smallest absolute Gasteiger partial charge is 0.426 e. The van der Waals surface area contributed by atoms with Gasteiger partial charge in [0.05, 0.1) is 0 Å². The Balaban J connectivity index is 2.04. The number of likely N-dealkylation sites (tertiary alicyclic amines) is 1. The van der Waals surface area contributed by atoms with Crippen molar-refractivity contribution in [2.75, 3.05) is 6.61 Å². The molecule has 3 atom stereocenters. The van der Waals surface area contributed by atoms with E-state index in [9.17, 15) is 42.9 Å². The number of aliphatic carboxylic acids is 1. The molecule has 1 heterocycles. The second-order valence-corrected chi connectivity index (χ2v) is 8.60. The predicted octanol–water partition coefficient (Wildman–Crippen LogP) is -1.09. The van der Waals surface area contributed by atoms with Crippen LogP contribution in [-0.2, 0) is 25.0 Å². The van der Waals surface area contributed by atoms with Crippen molar-refractivity contribution < 1.29 is 47.7 Å². The van der Waals surface area contributed by atoms with E-state index in [0.29, 0.717) is 0 Å². The molecule has 0 bridgehead atoms. The van der Waals surface area contributed by atoms with Crippen molar-refractivity contribution >= 4 is 34.6 Å². The van der Waals surface area contributed by atoms with E-state index in [4.69, 9.17) is 4.74 Å². The van der Waals surface area contributed by atoms with E-state index in [2.05, 4.69) is 0 Å². The van der Waals surface area contributed by atoms with Gasteiger partial charge in [-0.3, -0.25) is 15.0 Å². The maximum Gasteiger partial charge on any atom is 0.426 e. The van der Waals surface area contributed by atoms with Crippen LogP contribution in [0.5, 0.6) is 11.5 Å². The molecule has 2 rings (SSSR count). The zero-order valence-corrected chi connectivity index (χ0v) is 17.3. The van der Waals surface area contributed by atoms with Gasteiger partial charge < -0.3 is 25.0 Å². The highest BCUT2D eigenvalue weighted by molar-refractivity contribution is 7.74. The third-order valence-electron chi connectivity index (χ3n) is 4.76. The first kappa shape index (κ1) is 23.7. The molecule has 0 unspecified atom stereocenters. The van der Waals surface area contributed by atoms with Gasteiger partial charge in [-0.2, -0.15) is 0 Å². The van der Waals surface area contributed by atoms with Crippen LogP contribution < -0.4 is 10.9 Å². The SMILES string of the molecule is C[C@@H]1CC(=O)N1[C@@H](C(=O)O)[C@](C)(COC(=O)NNC(=O)c1ccc(O)c(O)c1)[SH](=O)=O. The predicted molar refractivity (Wildman–Crippen MR) is 103 cm³/mol. The molecular formula is C17H21N3O10S. The minimum absolute atomic E-state index is 0.0652. The number of β-lactam (4-membered cyclic amide) rings is 1. The third kappa shape index (κ3) is 4.96. The van der Waals surface area contributed by atoms with Gasteiger partial charge in [0.1, 0.15) is 11.4 Å². The molecule has 0 saturated carbocycles. The lowest BCUT2D eigenvalue weighted by molar-refractivity contribution is -0.163. The maximum absolute atomic E-state index is 11.9. The van der Waals surface area contributed by atoms with Gasteiger partial charge in [-0.1, -0.05) is 0 Å². The molecule has 170 valence electrons. The number of hydrazine groups is 1. The second-order valence-electron chi connectivity index (χ2n) is 7.07. The number of phenols is 2. The Hall–Kier alpha value is -3.55. The molecule has 31 heavy (non-hydrogen) atoms. The van der Waals surface area contributed by atoms with E-state index < -0.39 is 69.5 Å². The Morgan fingerprint density at radius 3 is 2.39 bits per heavy atom. The molecule has 0 radical (unpaired) electrons. The summed E-state index contributed by atoms with van der Waals surface area (Å²) >= 11 is 0. The first-order valence-electron chi connectivity index (χ1n) is 8.82. The minimum Gasteiger partial charge on any atom is -0.504 e. The lowest BCUT2D eigenvalue weighted by Gasteiger charge is -2.46. The molecule has 1 aliphatic heterocycles. The largest absolute Gasteiger partial charge is 0.504 e. The number of benzene rings is 1. The molecular weight excluding hydrogens is 438 g/mol. The molecule has 0 spiro atoms. The molecule has 13 nitrogen and oxygen atoms in total. The number of hydrogen-bond donors (Lipinski definition) is 6. The van der Waals surface area contributed by atoms with Crippen LogP contribution in [0.2, 0.25) is 0 Å². The number of nitrogens with one attached hydrogen (secondary N) is 2. The lowest BCUT2D eigenvalue weighted by Crippen LogP contribution is -2.67. The van der Waals surface area contributed by atoms with Gasteiger partial charge >= 0.3 is 12.1 Å². The van der Waals surface area contributed by atoms with Crippen molar-refractivity contribution in [2.24, 2.45) is 0 Å². The normalized spacial score (nSPS) is 18.5. The Morgan fingerprint density at radius 1 is 1.26 bits per heavy atom. The summed E-state index contributed by atoms with van der Waals surface area (Å²) in [5, 5.41) is 28.1.